The second-order valence-corrected chi connectivity index (χ2v) is 10.4. The molecule has 0 amide bonds. The number of rotatable bonds is 9. The Kier molecular flexibility index (Phi) is 9.16. The fourth-order valence-corrected chi connectivity index (χ4v) is 5.60. The van der Waals surface area contributed by atoms with E-state index in [-0.39, 0.29) is 48.7 Å². The summed E-state index contributed by atoms with van der Waals surface area (Å²) in [6.45, 7) is 4.33. The molecule has 0 aromatic heterocycles. The molecule has 2 aromatic rings. The average molecular weight is 495 g/mol. The normalized spacial score (nSPS) is 25.7. The van der Waals surface area contributed by atoms with Gasteiger partial charge in [-0.3, -0.25) is 4.79 Å². The summed E-state index contributed by atoms with van der Waals surface area (Å²) < 4.78 is 17.4. The topological polar surface area (TPSA) is 82.1 Å². The zero-order valence-electron chi connectivity index (χ0n) is 21.3. The number of fused-ring (bicyclic) bond motifs is 1. The molecule has 2 aromatic carbocycles. The van der Waals surface area contributed by atoms with Gasteiger partial charge in [0.05, 0.1) is 17.8 Å². The van der Waals surface area contributed by atoms with Gasteiger partial charge in [-0.05, 0) is 74.6 Å². The van der Waals surface area contributed by atoms with Crippen LogP contribution in [0.4, 0.5) is 0 Å². The number of ether oxygens (including phenoxy) is 3. The summed E-state index contributed by atoms with van der Waals surface area (Å²) in [5, 5.41) is 10.2. The van der Waals surface area contributed by atoms with Gasteiger partial charge in [-0.25, -0.2) is 4.79 Å². The fraction of sp³-hybridized carbons (Fsp3) is 0.533. The monoisotopic (exact) mass is 494 g/mol. The largest absolute Gasteiger partial charge is 0.463 e. The summed E-state index contributed by atoms with van der Waals surface area (Å²) in [7, 11) is 0. The van der Waals surface area contributed by atoms with E-state index in [9.17, 15) is 14.7 Å². The summed E-state index contributed by atoms with van der Waals surface area (Å²) in [5.41, 5.74) is 2.65. The van der Waals surface area contributed by atoms with Gasteiger partial charge in [-0.1, -0.05) is 42.5 Å². The quantitative estimate of drug-likeness (QED) is 0.469. The number of carbonyl (C=O) groups excluding carboxylic acids is 2. The summed E-state index contributed by atoms with van der Waals surface area (Å²) in [5.74, 6) is -0.0609. The minimum atomic E-state index is -0.360. The van der Waals surface area contributed by atoms with Crippen molar-refractivity contribution < 1.29 is 28.9 Å². The third-order valence-electron chi connectivity index (χ3n) is 7.48. The lowest BCUT2D eigenvalue weighted by Crippen LogP contribution is -2.28. The number of hydrogen-bond donors (Lipinski definition) is 1. The van der Waals surface area contributed by atoms with E-state index in [0.717, 1.165) is 36.8 Å². The van der Waals surface area contributed by atoms with Gasteiger partial charge in [0.2, 0.25) is 0 Å². The van der Waals surface area contributed by atoms with Crippen LogP contribution in [0.25, 0.3) is 11.1 Å². The number of aliphatic hydroxyl groups excluding tert-OH is 1. The van der Waals surface area contributed by atoms with Crippen molar-refractivity contribution in [3.05, 3.63) is 60.2 Å². The van der Waals surface area contributed by atoms with Gasteiger partial charge >= 0.3 is 11.9 Å². The van der Waals surface area contributed by atoms with Gasteiger partial charge < -0.3 is 19.3 Å². The molecule has 6 nitrogen and oxygen atoms in total. The Balaban J connectivity index is 1.28. The zero-order valence-corrected chi connectivity index (χ0v) is 21.3. The van der Waals surface area contributed by atoms with Gasteiger partial charge in [0.25, 0.3) is 0 Å². The van der Waals surface area contributed by atoms with Crippen molar-refractivity contribution in [2.45, 2.75) is 70.7 Å². The number of benzene rings is 2. The molecule has 0 radical (unpaired) electrons. The van der Waals surface area contributed by atoms with Gasteiger partial charge in [0.15, 0.2) is 0 Å². The van der Waals surface area contributed by atoms with Crippen molar-refractivity contribution in [1.29, 1.82) is 0 Å². The number of esters is 2. The van der Waals surface area contributed by atoms with Crippen molar-refractivity contribution >= 4 is 11.9 Å². The van der Waals surface area contributed by atoms with Gasteiger partial charge in [-0.15, -0.1) is 0 Å². The summed E-state index contributed by atoms with van der Waals surface area (Å²) in [4.78, 5) is 24.7. The molecule has 0 bridgehead atoms. The minimum absolute atomic E-state index is 0.0173. The molecule has 36 heavy (non-hydrogen) atoms. The van der Waals surface area contributed by atoms with E-state index in [1.165, 1.54) is 0 Å². The van der Waals surface area contributed by atoms with E-state index in [4.69, 9.17) is 14.2 Å². The van der Waals surface area contributed by atoms with Crippen molar-refractivity contribution in [1.82, 2.24) is 0 Å². The van der Waals surface area contributed by atoms with Crippen molar-refractivity contribution in [3.8, 4) is 11.1 Å². The number of hydrogen-bond acceptors (Lipinski definition) is 6. The second-order valence-electron chi connectivity index (χ2n) is 10.4. The summed E-state index contributed by atoms with van der Waals surface area (Å²) in [6.07, 6.45) is 4.22. The van der Waals surface area contributed by atoms with Gasteiger partial charge in [0, 0.05) is 32.0 Å². The zero-order chi connectivity index (χ0) is 25.5. The van der Waals surface area contributed by atoms with Crippen LogP contribution >= 0.6 is 0 Å². The highest BCUT2D eigenvalue weighted by molar-refractivity contribution is 5.90. The molecule has 1 aliphatic heterocycles. The van der Waals surface area contributed by atoms with E-state index in [1.54, 1.807) is 12.1 Å². The number of carbonyl (C=O) groups is 2. The van der Waals surface area contributed by atoms with Crippen LogP contribution in [-0.4, -0.2) is 48.6 Å². The Morgan fingerprint density at radius 3 is 2.44 bits per heavy atom. The lowest BCUT2D eigenvalue weighted by atomic mass is 9.87. The molecule has 4 rings (SSSR count). The molecule has 2 aliphatic rings. The Morgan fingerprint density at radius 2 is 1.75 bits per heavy atom. The highest BCUT2D eigenvalue weighted by Crippen LogP contribution is 2.42. The maximum Gasteiger partial charge on any atom is 0.338 e. The van der Waals surface area contributed by atoms with Crippen molar-refractivity contribution in [2.24, 2.45) is 17.8 Å². The van der Waals surface area contributed by atoms with E-state index in [1.807, 2.05) is 56.3 Å². The first kappa shape index (κ1) is 26.4. The molecule has 1 saturated heterocycles. The maximum atomic E-state index is 12.9. The van der Waals surface area contributed by atoms with Crippen LogP contribution in [0.3, 0.4) is 0 Å². The summed E-state index contributed by atoms with van der Waals surface area (Å²) >= 11 is 0. The van der Waals surface area contributed by atoms with Crippen LogP contribution in [-0.2, 0) is 19.0 Å². The standard InChI is InChI=1S/C30H38O6/c1-20(2)35-29(32)10-6-7-21-11-16-25-26(18-31)28(17-27(25)34-19-21)36-30(33)24-14-12-23(13-15-24)22-8-4-3-5-9-22/h3-5,8-9,12-15,20-21,25-28,31H,6-7,10-11,16-19H2,1-2H3/t21?,25?,26?,27-,28?/m0/s1. The molecule has 194 valence electrons. The molecular weight excluding hydrogens is 456 g/mol. The minimum Gasteiger partial charge on any atom is -0.463 e. The smallest absolute Gasteiger partial charge is 0.338 e. The predicted molar refractivity (Wildman–Crippen MR) is 137 cm³/mol. The number of aliphatic hydroxyl groups is 1. The third-order valence-corrected chi connectivity index (χ3v) is 7.48. The second kappa shape index (κ2) is 12.5. The first-order valence-corrected chi connectivity index (χ1v) is 13.2. The molecule has 4 unspecified atom stereocenters. The molecule has 5 atom stereocenters. The van der Waals surface area contributed by atoms with Crippen molar-refractivity contribution in [2.75, 3.05) is 13.2 Å². The Morgan fingerprint density at radius 1 is 1.03 bits per heavy atom. The van der Waals surface area contributed by atoms with Crippen LogP contribution in [0.2, 0.25) is 0 Å². The SMILES string of the molecule is CC(C)OC(=O)CCCC1CCC2C(CO)C(OC(=O)c3ccc(-c4ccccc4)cc3)C[C@@H]2OC1. The van der Waals surface area contributed by atoms with E-state index in [2.05, 4.69) is 0 Å². The highest BCUT2D eigenvalue weighted by Gasteiger charge is 2.46. The highest BCUT2D eigenvalue weighted by atomic mass is 16.6. The lowest BCUT2D eigenvalue weighted by Gasteiger charge is -2.23. The van der Waals surface area contributed by atoms with E-state index >= 15 is 0 Å². The first-order chi connectivity index (χ1) is 17.4. The molecule has 6 heteroatoms. The Labute approximate surface area is 214 Å². The molecule has 0 spiro atoms. The Bertz CT molecular complexity index is 986. The maximum absolute atomic E-state index is 12.9. The lowest BCUT2D eigenvalue weighted by molar-refractivity contribution is -0.147. The average Bonchev–Trinajstić information content (AvgIpc) is 3.08. The van der Waals surface area contributed by atoms with E-state index in [0.29, 0.717) is 30.9 Å². The molecule has 1 saturated carbocycles. The molecular formula is C30H38O6. The van der Waals surface area contributed by atoms with Gasteiger partial charge in [-0.2, -0.15) is 0 Å². The first-order valence-electron chi connectivity index (χ1n) is 13.2. The van der Waals surface area contributed by atoms with Gasteiger partial charge in [0.1, 0.15) is 6.10 Å². The predicted octanol–water partition coefficient (Wildman–Crippen LogP) is 5.42. The van der Waals surface area contributed by atoms with E-state index < -0.39 is 0 Å². The molecule has 2 fully saturated rings. The van der Waals surface area contributed by atoms with Crippen LogP contribution in [0.5, 0.6) is 0 Å². The summed E-state index contributed by atoms with van der Waals surface area (Å²) in [6, 6.07) is 17.5. The third kappa shape index (κ3) is 6.74. The molecule has 1 heterocycles. The Hall–Kier alpha value is -2.70. The van der Waals surface area contributed by atoms with Crippen LogP contribution in [0, 0.1) is 17.8 Å². The molecule has 1 aliphatic carbocycles. The van der Waals surface area contributed by atoms with Crippen LogP contribution in [0.15, 0.2) is 54.6 Å². The van der Waals surface area contributed by atoms with Crippen LogP contribution in [0.1, 0.15) is 62.7 Å². The van der Waals surface area contributed by atoms with Crippen LogP contribution < -0.4 is 0 Å². The molecule has 1 N–H and O–H groups in total. The van der Waals surface area contributed by atoms with Crippen molar-refractivity contribution in [3.63, 3.8) is 0 Å². The fourth-order valence-electron chi connectivity index (χ4n) is 5.60.